The van der Waals surface area contributed by atoms with E-state index in [1.54, 1.807) is 6.08 Å². The number of amides is 3. The fraction of sp³-hybridized carbons (Fsp3) is 0.105. The van der Waals surface area contributed by atoms with E-state index in [0.29, 0.717) is 11.0 Å². The molecule has 3 rings (SSSR count). The predicted octanol–water partition coefficient (Wildman–Crippen LogP) is 4.51. The summed E-state index contributed by atoms with van der Waals surface area (Å²) in [5.41, 5.74) is 1.36. The van der Waals surface area contributed by atoms with Crippen LogP contribution in [0, 0.1) is 31.3 Å². The van der Waals surface area contributed by atoms with Gasteiger partial charge in [0.25, 0.3) is 5.91 Å². The largest absolute Gasteiger partial charge is 0.347 e. The van der Waals surface area contributed by atoms with Gasteiger partial charge in [-0.1, -0.05) is 29.8 Å². The summed E-state index contributed by atoms with van der Waals surface area (Å²) in [6, 6.07) is 7.18. The van der Waals surface area contributed by atoms with Crippen molar-refractivity contribution in [3.63, 3.8) is 0 Å². The number of hydrogen-bond donors (Lipinski definition) is 2. The zero-order chi connectivity index (χ0) is 20.4. The van der Waals surface area contributed by atoms with Gasteiger partial charge in [-0.3, -0.25) is 4.79 Å². The first-order chi connectivity index (χ1) is 13.2. The maximum Gasteiger partial charge on any atom is 0.347 e. The number of aryl methyl sites for hydroxylation is 1. The molecule has 1 aliphatic rings. The van der Waals surface area contributed by atoms with Crippen LogP contribution in [-0.4, -0.2) is 17.1 Å². The lowest BCUT2D eigenvalue weighted by molar-refractivity contribution is -0.115. The van der Waals surface area contributed by atoms with Gasteiger partial charge in [0.2, 0.25) is 0 Å². The third kappa shape index (κ3) is 4.25. The highest BCUT2D eigenvalue weighted by molar-refractivity contribution is 8.18. The molecule has 0 unspecified atom stereocenters. The second kappa shape index (κ2) is 7.89. The molecule has 1 fully saturated rings. The van der Waals surface area contributed by atoms with Crippen LogP contribution in [-0.2, 0) is 4.79 Å². The Bertz CT molecular complexity index is 1030. The van der Waals surface area contributed by atoms with Crippen molar-refractivity contribution in [3.05, 3.63) is 69.4 Å². The van der Waals surface area contributed by atoms with Crippen LogP contribution in [0.4, 0.5) is 23.7 Å². The summed E-state index contributed by atoms with van der Waals surface area (Å²) in [6.45, 7) is 3.13. The number of aliphatic imine (C=N–C) groups is 1. The van der Waals surface area contributed by atoms with Crippen LogP contribution in [0.2, 0.25) is 0 Å². The fourth-order valence-electron chi connectivity index (χ4n) is 2.35. The molecule has 1 aliphatic heterocycles. The minimum Gasteiger partial charge on any atom is -0.306 e. The third-order valence-corrected chi connectivity index (χ3v) is 4.79. The van der Waals surface area contributed by atoms with Gasteiger partial charge in [-0.25, -0.2) is 18.0 Å². The third-order valence-electron chi connectivity index (χ3n) is 3.88. The lowest BCUT2D eigenvalue weighted by Gasteiger charge is -2.08. The summed E-state index contributed by atoms with van der Waals surface area (Å²) >= 11 is 0.951. The first kappa shape index (κ1) is 19.7. The van der Waals surface area contributed by atoms with Crippen molar-refractivity contribution in [1.29, 1.82) is 0 Å². The van der Waals surface area contributed by atoms with Crippen LogP contribution in [0.25, 0.3) is 6.08 Å². The van der Waals surface area contributed by atoms with E-state index >= 15 is 0 Å². The number of benzene rings is 2. The molecule has 2 aromatic rings. The van der Waals surface area contributed by atoms with Gasteiger partial charge in [-0.05, 0) is 37.2 Å². The quantitative estimate of drug-likeness (QED) is 0.570. The van der Waals surface area contributed by atoms with E-state index in [0.717, 1.165) is 22.9 Å². The zero-order valence-electron chi connectivity index (χ0n) is 14.8. The number of rotatable bonds is 2. The molecule has 0 saturated carbocycles. The van der Waals surface area contributed by atoms with Crippen LogP contribution in [0.5, 0.6) is 0 Å². The first-order valence-electron chi connectivity index (χ1n) is 8.06. The average molecular weight is 405 g/mol. The SMILES string of the molecule is Cc1ccc(C=C2SC(=NC(=O)Nc3cc(F)c(F)c(F)c3C)NC2=O)cc1. The summed E-state index contributed by atoms with van der Waals surface area (Å²) < 4.78 is 40.1. The van der Waals surface area contributed by atoms with Crippen molar-refractivity contribution in [2.45, 2.75) is 13.8 Å². The zero-order valence-corrected chi connectivity index (χ0v) is 15.6. The normalized spacial score (nSPS) is 16.5. The minimum atomic E-state index is -1.62. The van der Waals surface area contributed by atoms with E-state index in [1.165, 1.54) is 6.92 Å². The Morgan fingerprint density at radius 3 is 2.50 bits per heavy atom. The topological polar surface area (TPSA) is 70.6 Å². The molecule has 2 N–H and O–H groups in total. The van der Waals surface area contributed by atoms with E-state index < -0.39 is 29.4 Å². The second-order valence-corrected chi connectivity index (χ2v) is 7.01. The Kier molecular flexibility index (Phi) is 5.55. The Balaban J connectivity index is 1.75. The van der Waals surface area contributed by atoms with E-state index in [9.17, 15) is 22.8 Å². The van der Waals surface area contributed by atoms with Gasteiger partial charge >= 0.3 is 6.03 Å². The molecule has 1 saturated heterocycles. The van der Waals surface area contributed by atoms with Gasteiger partial charge in [0, 0.05) is 11.6 Å². The van der Waals surface area contributed by atoms with Crippen molar-refractivity contribution in [2.24, 2.45) is 4.99 Å². The molecule has 1 heterocycles. The fourth-order valence-corrected chi connectivity index (χ4v) is 3.17. The average Bonchev–Trinajstić information content (AvgIpc) is 2.98. The Hall–Kier alpha value is -3.07. The Morgan fingerprint density at radius 1 is 1.14 bits per heavy atom. The second-order valence-electron chi connectivity index (χ2n) is 5.98. The highest BCUT2D eigenvalue weighted by atomic mass is 32.2. The summed E-state index contributed by atoms with van der Waals surface area (Å²) in [5, 5.41) is 4.63. The molecular weight excluding hydrogens is 391 g/mol. The number of nitrogens with one attached hydrogen (secondary N) is 2. The molecule has 0 spiro atoms. The van der Waals surface area contributed by atoms with Crippen molar-refractivity contribution >= 4 is 40.6 Å². The number of halogens is 3. The number of nitrogens with zero attached hydrogens (tertiary/aromatic N) is 1. The number of urea groups is 1. The van der Waals surface area contributed by atoms with Crippen molar-refractivity contribution < 1.29 is 22.8 Å². The Labute approximate surface area is 162 Å². The molecule has 0 radical (unpaired) electrons. The van der Waals surface area contributed by atoms with Crippen LogP contribution >= 0.6 is 11.8 Å². The van der Waals surface area contributed by atoms with Gasteiger partial charge < -0.3 is 10.6 Å². The number of thioether (sulfide) groups is 1. The van der Waals surface area contributed by atoms with Gasteiger partial charge in [0.15, 0.2) is 22.6 Å². The maximum absolute atomic E-state index is 13.6. The highest BCUT2D eigenvalue weighted by Crippen LogP contribution is 2.27. The van der Waals surface area contributed by atoms with Gasteiger partial charge in [0.1, 0.15) is 0 Å². The van der Waals surface area contributed by atoms with Gasteiger partial charge in [-0.2, -0.15) is 4.99 Å². The number of anilines is 1. The molecule has 0 aliphatic carbocycles. The molecule has 0 bridgehead atoms. The van der Waals surface area contributed by atoms with Crippen LogP contribution in [0.1, 0.15) is 16.7 Å². The number of amidine groups is 1. The van der Waals surface area contributed by atoms with Crippen LogP contribution < -0.4 is 10.6 Å². The Morgan fingerprint density at radius 2 is 1.82 bits per heavy atom. The molecule has 0 atom stereocenters. The van der Waals surface area contributed by atoms with Crippen LogP contribution in [0.15, 0.2) is 40.2 Å². The van der Waals surface area contributed by atoms with E-state index in [-0.39, 0.29) is 16.4 Å². The van der Waals surface area contributed by atoms with Gasteiger partial charge in [0.05, 0.1) is 10.6 Å². The summed E-state index contributed by atoms with van der Waals surface area (Å²) in [5.74, 6) is -4.87. The maximum atomic E-state index is 13.6. The monoisotopic (exact) mass is 405 g/mol. The van der Waals surface area contributed by atoms with E-state index in [1.807, 2.05) is 31.2 Å². The van der Waals surface area contributed by atoms with Crippen molar-refractivity contribution in [1.82, 2.24) is 5.32 Å². The van der Waals surface area contributed by atoms with Crippen molar-refractivity contribution in [2.75, 3.05) is 5.32 Å². The molecule has 5 nitrogen and oxygen atoms in total. The smallest absolute Gasteiger partial charge is 0.306 e. The van der Waals surface area contributed by atoms with Crippen molar-refractivity contribution in [3.8, 4) is 0 Å². The summed E-state index contributed by atoms with van der Waals surface area (Å²) in [7, 11) is 0. The number of hydrogen-bond acceptors (Lipinski definition) is 3. The lowest BCUT2D eigenvalue weighted by atomic mass is 10.1. The number of carbonyl (C=O) groups is 2. The molecule has 144 valence electrons. The number of carbonyl (C=O) groups excluding carboxylic acids is 2. The molecule has 0 aromatic heterocycles. The molecule has 28 heavy (non-hydrogen) atoms. The van der Waals surface area contributed by atoms with Gasteiger partial charge in [-0.15, -0.1) is 0 Å². The van der Waals surface area contributed by atoms with E-state index in [4.69, 9.17) is 0 Å². The van der Waals surface area contributed by atoms with E-state index in [2.05, 4.69) is 15.6 Å². The molecule has 2 aromatic carbocycles. The standard InChI is InChI=1S/C19H14F3N3O2S/c1-9-3-5-11(6-4-9)7-14-17(26)24-19(28-14)25-18(27)23-13-8-12(20)16(22)15(21)10(13)2/h3-8H,1-2H3,(H2,23,24,25,26,27). The first-order valence-corrected chi connectivity index (χ1v) is 8.87. The molecular formula is C19H14F3N3O2S. The summed E-state index contributed by atoms with van der Waals surface area (Å²) in [6.07, 6.45) is 1.65. The highest BCUT2D eigenvalue weighted by Gasteiger charge is 2.25. The summed E-state index contributed by atoms with van der Waals surface area (Å²) in [4.78, 5) is 28.0. The van der Waals surface area contributed by atoms with Crippen LogP contribution in [0.3, 0.4) is 0 Å². The minimum absolute atomic E-state index is 0.0153. The molecule has 9 heteroatoms. The lowest BCUT2D eigenvalue weighted by Crippen LogP contribution is -2.22. The predicted molar refractivity (Wildman–Crippen MR) is 102 cm³/mol. The molecule has 3 amide bonds.